The van der Waals surface area contributed by atoms with E-state index in [1.165, 1.54) is 0 Å². The van der Waals surface area contributed by atoms with Crippen LogP contribution in [0.5, 0.6) is 0 Å². The Balaban J connectivity index is 2.37. The Morgan fingerprint density at radius 1 is 1.11 bits per heavy atom. The van der Waals surface area contributed by atoms with Crippen molar-refractivity contribution in [3.8, 4) is 0 Å². The fraction of sp³-hybridized carbons (Fsp3) is 0.385. The summed E-state index contributed by atoms with van der Waals surface area (Å²) in [6.45, 7) is 4.08. The molecule has 1 aliphatic rings. The summed E-state index contributed by atoms with van der Waals surface area (Å²) in [5, 5.41) is 5.39. The molecule has 96 valence electrons. The van der Waals surface area contributed by atoms with Gasteiger partial charge in [-0.2, -0.15) is 0 Å². The molecule has 0 saturated heterocycles. The number of benzene rings is 1. The van der Waals surface area contributed by atoms with Crippen LogP contribution in [0.1, 0.15) is 31.9 Å². The maximum absolute atomic E-state index is 11.5. The van der Waals surface area contributed by atoms with Crippen molar-refractivity contribution < 1.29 is 9.59 Å². The molecule has 0 spiro atoms. The molecular weight excluding hydrogens is 230 g/mol. The lowest BCUT2D eigenvalue weighted by atomic mass is 9.96. The summed E-state index contributed by atoms with van der Waals surface area (Å²) in [7, 11) is 0. The van der Waals surface area contributed by atoms with Crippen molar-refractivity contribution in [1.82, 2.24) is 0 Å². The van der Waals surface area contributed by atoms with E-state index in [1.54, 1.807) is 6.07 Å². The van der Waals surface area contributed by atoms with Gasteiger partial charge in [-0.1, -0.05) is 19.9 Å². The van der Waals surface area contributed by atoms with Crippen LogP contribution in [0.3, 0.4) is 0 Å². The summed E-state index contributed by atoms with van der Waals surface area (Å²) >= 11 is 0. The first-order chi connectivity index (χ1) is 8.47. The molecule has 0 fully saturated rings. The van der Waals surface area contributed by atoms with Crippen molar-refractivity contribution in [2.24, 2.45) is 11.7 Å². The molecule has 1 aliphatic heterocycles. The van der Waals surface area contributed by atoms with Gasteiger partial charge in [0, 0.05) is 6.04 Å². The van der Waals surface area contributed by atoms with Crippen molar-refractivity contribution in [1.29, 1.82) is 0 Å². The van der Waals surface area contributed by atoms with Gasteiger partial charge in [-0.25, -0.2) is 0 Å². The van der Waals surface area contributed by atoms with E-state index in [9.17, 15) is 9.59 Å². The van der Waals surface area contributed by atoms with E-state index < -0.39 is 0 Å². The Morgan fingerprint density at radius 3 is 2.33 bits per heavy atom. The predicted octanol–water partition coefficient (Wildman–Crippen LogP) is 1.62. The molecule has 0 bridgehead atoms. The number of rotatable bonds is 2. The minimum absolute atomic E-state index is 0.0915. The second kappa shape index (κ2) is 4.78. The molecule has 5 heteroatoms. The van der Waals surface area contributed by atoms with Crippen molar-refractivity contribution in [2.45, 2.75) is 26.3 Å². The smallest absolute Gasteiger partial charge is 0.233 e. The molecule has 0 aromatic heterocycles. The van der Waals surface area contributed by atoms with Crippen LogP contribution in [0.15, 0.2) is 18.2 Å². The number of hydrogen-bond acceptors (Lipinski definition) is 3. The second-order valence-corrected chi connectivity index (χ2v) is 4.85. The second-order valence-electron chi connectivity index (χ2n) is 4.85. The van der Waals surface area contributed by atoms with Crippen molar-refractivity contribution in [2.75, 3.05) is 10.6 Å². The number of carbonyl (C=O) groups is 2. The lowest BCUT2D eigenvalue weighted by Gasteiger charge is -2.18. The third-order valence-corrected chi connectivity index (χ3v) is 3.02. The molecule has 2 amide bonds. The van der Waals surface area contributed by atoms with Crippen LogP contribution in [0.2, 0.25) is 0 Å². The zero-order valence-electron chi connectivity index (χ0n) is 10.5. The number of fused-ring (bicyclic) bond motifs is 1. The Labute approximate surface area is 106 Å². The van der Waals surface area contributed by atoms with Gasteiger partial charge in [-0.15, -0.1) is 0 Å². The topological polar surface area (TPSA) is 84.2 Å². The van der Waals surface area contributed by atoms with Gasteiger partial charge in [-0.05, 0) is 23.6 Å². The lowest BCUT2D eigenvalue weighted by molar-refractivity contribution is -0.123. The summed E-state index contributed by atoms with van der Waals surface area (Å²) in [5.74, 6) is -0.298. The molecule has 0 saturated carbocycles. The first-order valence-corrected chi connectivity index (χ1v) is 5.96. The summed E-state index contributed by atoms with van der Waals surface area (Å²) in [5.41, 5.74) is 8.24. The molecule has 5 nitrogen and oxygen atoms in total. The predicted molar refractivity (Wildman–Crippen MR) is 70.1 cm³/mol. The number of hydrogen-bond donors (Lipinski definition) is 3. The van der Waals surface area contributed by atoms with E-state index in [2.05, 4.69) is 10.6 Å². The fourth-order valence-corrected chi connectivity index (χ4v) is 1.90. The fourth-order valence-electron chi connectivity index (χ4n) is 1.90. The summed E-state index contributed by atoms with van der Waals surface area (Å²) in [4.78, 5) is 22.9. The number of nitrogens with one attached hydrogen (secondary N) is 2. The van der Waals surface area contributed by atoms with Gasteiger partial charge < -0.3 is 16.4 Å². The highest BCUT2D eigenvalue weighted by molar-refractivity contribution is 6.13. The van der Waals surface area contributed by atoms with E-state index >= 15 is 0 Å². The number of carbonyl (C=O) groups excluding carboxylic acids is 2. The van der Waals surface area contributed by atoms with Gasteiger partial charge >= 0.3 is 0 Å². The molecule has 0 aliphatic carbocycles. The third kappa shape index (κ3) is 2.51. The van der Waals surface area contributed by atoms with Crippen LogP contribution >= 0.6 is 0 Å². The van der Waals surface area contributed by atoms with Crippen molar-refractivity contribution >= 4 is 23.2 Å². The minimum Gasteiger partial charge on any atom is -0.324 e. The summed E-state index contributed by atoms with van der Waals surface area (Å²) in [6.07, 6.45) is -0.153. The zero-order chi connectivity index (χ0) is 13.3. The quantitative estimate of drug-likeness (QED) is 0.694. The molecule has 18 heavy (non-hydrogen) atoms. The van der Waals surface area contributed by atoms with Gasteiger partial charge in [0.1, 0.15) is 6.42 Å². The summed E-state index contributed by atoms with van der Waals surface area (Å²) < 4.78 is 0. The summed E-state index contributed by atoms with van der Waals surface area (Å²) in [6, 6.07) is 5.38. The van der Waals surface area contributed by atoms with E-state index in [-0.39, 0.29) is 24.3 Å². The minimum atomic E-state index is -0.304. The highest BCUT2D eigenvalue weighted by Crippen LogP contribution is 2.29. The average molecular weight is 247 g/mol. The van der Waals surface area contributed by atoms with Gasteiger partial charge in [0.25, 0.3) is 0 Å². The Hall–Kier alpha value is -1.88. The van der Waals surface area contributed by atoms with Gasteiger partial charge in [0.05, 0.1) is 11.4 Å². The molecule has 1 unspecified atom stereocenters. The standard InChI is InChI=1S/C13H17N3O2/c1-7(2)13(14)8-3-4-9-10(5-8)16-12(18)6-11(17)15-9/h3-5,7,13H,6,14H2,1-2H3,(H,15,17)(H,16,18). The highest BCUT2D eigenvalue weighted by atomic mass is 16.2. The van der Waals surface area contributed by atoms with Gasteiger partial charge in [0.15, 0.2) is 0 Å². The molecular formula is C13H17N3O2. The third-order valence-electron chi connectivity index (χ3n) is 3.02. The number of anilines is 2. The first kappa shape index (κ1) is 12.6. The Kier molecular flexibility index (Phi) is 3.34. The van der Waals surface area contributed by atoms with Crippen LogP contribution in [-0.2, 0) is 9.59 Å². The molecule has 1 aromatic rings. The number of amides is 2. The number of nitrogens with two attached hydrogens (primary N) is 1. The van der Waals surface area contributed by atoms with Crippen LogP contribution in [0.25, 0.3) is 0 Å². The van der Waals surface area contributed by atoms with Crippen LogP contribution in [-0.4, -0.2) is 11.8 Å². The molecule has 4 N–H and O–H groups in total. The molecule has 2 rings (SSSR count). The first-order valence-electron chi connectivity index (χ1n) is 5.96. The van der Waals surface area contributed by atoms with Crippen molar-refractivity contribution in [3.63, 3.8) is 0 Å². The highest BCUT2D eigenvalue weighted by Gasteiger charge is 2.19. The van der Waals surface area contributed by atoms with Gasteiger partial charge in [0.2, 0.25) is 11.8 Å². The Bertz CT molecular complexity index is 497. The van der Waals surface area contributed by atoms with Crippen LogP contribution in [0.4, 0.5) is 11.4 Å². The molecule has 1 atom stereocenters. The van der Waals surface area contributed by atoms with Crippen LogP contribution in [0, 0.1) is 5.92 Å². The largest absolute Gasteiger partial charge is 0.324 e. The van der Waals surface area contributed by atoms with E-state index in [1.807, 2.05) is 26.0 Å². The van der Waals surface area contributed by atoms with E-state index in [0.29, 0.717) is 17.3 Å². The Morgan fingerprint density at radius 2 is 1.72 bits per heavy atom. The zero-order valence-corrected chi connectivity index (χ0v) is 10.5. The molecule has 0 radical (unpaired) electrons. The average Bonchev–Trinajstić information content (AvgIpc) is 2.43. The monoisotopic (exact) mass is 247 g/mol. The molecule has 1 aromatic carbocycles. The maximum Gasteiger partial charge on any atom is 0.233 e. The van der Waals surface area contributed by atoms with Gasteiger partial charge in [-0.3, -0.25) is 9.59 Å². The van der Waals surface area contributed by atoms with Crippen LogP contribution < -0.4 is 16.4 Å². The normalized spacial score (nSPS) is 16.7. The lowest BCUT2D eigenvalue weighted by Crippen LogP contribution is -2.17. The molecule has 1 heterocycles. The van der Waals surface area contributed by atoms with E-state index in [4.69, 9.17) is 5.73 Å². The maximum atomic E-state index is 11.5. The SMILES string of the molecule is CC(C)C(N)c1ccc2c(c1)NC(=O)CC(=O)N2. The van der Waals surface area contributed by atoms with Crippen molar-refractivity contribution in [3.05, 3.63) is 23.8 Å². The van der Waals surface area contributed by atoms with E-state index in [0.717, 1.165) is 5.56 Å².